The zero-order valence-electron chi connectivity index (χ0n) is 11.6. The van der Waals surface area contributed by atoms with Crippen molar-refractivity contribution < 1.29 is 18.0 Å². The molecule has 0 saturated carbocycles. The SMILES string of the molecule is O=C(Nc1cccc2nccnc12)c1ccc(C(F)(F)F)cc1. The van der Waals surface area contributed by atoms with Crippen LogP contribution in [0.2, 0.25) is 0 Å². The highest BCUT2D eigenvalue weighted by Crippen LogP contribution is 2.29. The first-order valence-electron chi connectivity index (χ1n) is 6.63. The first kappa shape index (κ1) is 15.0. The quantitative estimate of drug-likeness (QED) is 0.780. The largest absolute Gasteiger partial charge is 0.416 e. The van der Waals surface area contributed by atoms with Crippen molar-refractivity contribution in [1.82, 2.24) is 9.97 Å². The van der Waals surface area contributed by atoms with Gasteiger partial charge in [0.05, 0.1) is 16.8 Å². The summed E-state index contributed by atoms with van der Waals surface area (Å²) in [6.07, 6.45) is -1.40. The maximum atomic E-state index is 12.5. The van der Waals surface area contributed by atoms with Crippen LogP contribution < -0.4 is 5.32 Å². The molecule has 1 amide bonds. The number of hydrogen-bond acceptors (Lipinski definition) is 3. The van der Waals surface area contributed by atoms with E-state index in [2.05, 4.69) is 15.3 Å². The zero-order chi connectivity index (χ0) is 16.4. The highest BCUT2D eigenvalue weighted by atomic mass is 19.4. The summed E-state index contributed by atoms with van der Waals surface area (Å²) in [5.41, 5.74) is 0.887. The third kappa shape index (κ3) is 3.13. The number of nitrogens with one attached hydrogen (secondary N) is 1. The maximum Gasteiger partial charge on any atom is 0.416 e. The fourth-order valence-electron chi connectivity index (χ4n) is 2.10. The van der Waals surface area contributed by atoms with Crippen LogP contribution in [0.15, 0.2) is 54.9 Å². The Morgan fingerprint density at radius 3 is 2.35 bits per heavy atom. The van der Waals surface area contributed by atoms with Crippen molar-refractivity contribution in [3.05, 3.63) is 66.0 Å². The molecule has 0 spiro atoms. The monoisotopic (exact) mass is 317 g/mol. The fourth-order valence-corrected chi connectivity index (χ4v) is 2.10. The highest BCUT2D eigenvalue weighted by molar-refractivity contribution is 6.07. The molecule has 0 bridgehead atoms. The van der Waals surface area contributed by atoms with Crippen molar-refractivity contribution in [3.8, 4) is 0 Å². The molecular formula is C16H10F3N3O. The number of halogens is 3. The smallest absolute Gasteiger partial charge is 0.320 e. The van der Waals surface area contributed by atoms with E-state index in [0.717, 1.165) is 24.3 Å². The number of anilines is 1. The Morgan fingerprint density at radius 1 is 0.957 bits per heavy atom. The third-order valence-corrected chi connectivity index (χ3v) is 3.22. The second-order valence-corrected chi connectivity index (χ2v) is 4.76. The lowest BCUT2D eigenvalue weighted by Gasteiger charge is -2.09. The van der Waals surface area contributed by atoms with Gasteiger partial charge in [-0.1, -0.05) is 6.07 Å². The Morgan fingerprint density at radius 2 is 1.65 bits per heavy atom. The van der Waals surface area contributed by atoms with Gasteiger partial charge in [0.25, 0.3) is 5.91 Å². The van der Waals surface area contributed by atoms with E-state index < -0.39 is 17.6 Å². The van der Waals surface area contributed by atoms with Crippen LogP contribution in [-0.2, 0) is 6.18 Å². The molecule has 7 heteroatoms. The van der Waals surface area contributed by atoms with Crippen LogP contribution in [0.1, 0.15) is 15.9 Å². The number of alkyl halides is 3. The predicted molar refractivity (Wildman–Crippen MR) is 78.9 cm³/mol. The van der Waals surface area contributed by atoms with Gasteiger partial charge in [0.2, 0.25) is 0 Å². The van der Waals surface area contributed by atoms with Crippen LogP contribution in [0, 0.1) is 0 Å². The van der Waals surface area contributed by atoms with Gasteiger partial charge in [0, 0.05) is 18.0 Å². The highest BCUT2D eigenvalue weighted by Gasteiger charge is 2.30. The van der Waals surface area contributed by atoms with Crippen LogP contribution in [0.5, 0.6) is 0 Å². The summed E-state index contributed by atoms with van der Waals surface area (Å²) in [6, 6.07) is 9.12. The molecule has 116 valence electrons. The van der Waals surface area contributed by atoms with Gasteiger partial charge in [-0.25, -0.2) is 0 Å². The van der Waals surface area contributed by atoms with Gasteiger partial charge in [-0.15, -0.1) is 0 Å². The van der Waals surface area contributed by atoms with Crippen LogP contribution in [0.25, 0.3) is 11.0 Å². The van der Waals surface area contributed by atoms with E-state index in [4.69, 9.17) is 0 Å². The standard InChI is InChI=1S/C16H10F3N3O/c17-16(18,19)11-6-4-10(5-7-11)15(23)22-13-3-1-2-12-14(13)21-9-8-20-12/h1-9H,(H,22,23). The van der Waals surface area contributed by atoms with Gasteiger partial charge < -0.3 is 5.32 Å². The first-order chi connectivity index (χ1) is 10.9. The van der Waals surface area contributed by atoms with Crippen molar-refractivity contribution in [2.45, 2.75) is 6.18 Å². The molecular weight excluding hydrogens is 307 g/mol. The molecule has 4 nitrogen and oxygen atoms in total. The molecule has 1 N–H and O–H groups in total. The summed E-state index contributed by atoms with van der Waals surface area (Å²) in [4.78, 5) is 20.4. The summed E-state index contributed by atoms with van der Waals surface area (Å²) in [7, 11) is 0. The Balaban J connectivity index is 1.86. The van der Waals surface area contributed by atoms with Crippen LogP contribution in [0.4, 0.5) is 18.9 Å². The Bertz CT molecular complexity index is 855. The molecule has 3 rings (SSSR count). The zero-order valence-corrected chi connectivity index (χ0v) is 11.6. The van der Waals surface area contributed by atoms with E-state index >= 15 is 0 Å². The van der Waals surface area contributed by atoms with Gasteiger partial charge in [-0.2, -0.15) is 13.2 Å². The van der Waals surface area contributed by atoms with E-state index in [1.54, 1.807) is 18.2 Å². The van der Waals surface area contributed by atoms with Gasteiger partial charge in [0.1, 0.15) is 5.52 Å². The van der Waals surface area contributed by atoms with E-state index in [0.29, 0.717) is 16.7 Å². The van der Waals surface area contributed by atoms with Crippen LogP contribution in [0.3, 0.4) is 0 Å². The lowest BCUT2D eigenvalue weighted by molar-refractivity contribution is -0.137. The number of rotatable bonds is 2. The average molecular weight is 317 g/mol. The Kier molecular flexibility index (Phi) is 3.69. The van der Waals surface area contributed by atoms with Gasteiger partial charge in [-0.3, -0.25) is 14.8 Å². The Labute approximate surface area is 129 Å². The summed E-state index contributed by atoms with van der Waals surface area (Å²) in [6.45, 7) is 0. The molecule has 0 atom stereocenters. The average Bonchev–Trinajstić information content (AvgIpc) is 2.54. The van der Waals surface area contributed by atoms with Crippen molar-refractivity contribution in [3.63, 3.8) is 0 Å². The molecule has 0 unspecified atom stereocenters. The number of carbonyl (C=O) groups is 1. The molecule has 0 aliphatic carbocycles. The van der Waals surface area contributed by atoms with Crippen molar-refractivity contribution in [2.75, 3.05) is 5.32 Å². The molecule has 23 heavy (non-hydrogen) atoms. The lowest BCUT2D eigenvalue weighted by atomic mass is 10.1. The van der Waals surface area contributed by atoms with Crippen molar-refractivity contribution in [2.24, 2.45) is 0 Å². The number of benzene rings is 2. The van der Waals surface area contributed by atoms with Crippen LogP contribution >= 0.6 is 0 Å². The number of amides is 1. The first-order valence-corrected chi connectivity index (χ1v) is 6.63. The summed E-state index contributed by atoms with van der Waals surface area (Å²) >= 11 is 0. The van der Waals surface area contributed by atoms with Crippen molar-refractivity contribution in [1.29, 1.82) is 0 Å². The molecule has 0 aliphatic rings. The van der Waals surface area contributed by atoms with Gasteiger partial charge >= 0.3 is 6.18 Å². The maximum absolute atomic E-state index is 12.5. The van der Waals surface area contributed by atoms with Gasteiger partial charge in [-0.05, 0) is 36.4 Å². The van der Waals surface area contributed by atoms with Gasteiger partial charge in [0.15, 0.2) is 0 Å². The molecule has 0 radical (unpaired) electrons. The molecule has 0 aliphatic heterocycles. The number of nitrogens with zero attached hydrogens (tertiary/aromatic N) is 2. The van der Waals surface area contributed by atoms with E-state index in [1.807, 2.05) is 0 Å². The number of hydrogen-bond donors (Lipinski definition) is 1. The summed E-state index contributed by atoms with van der Waals surface area (Å²) in [5, 5.41) is 2.64. The van der Waals surface area contributed by atoms with E-state index in [1.165, 1.54) is 12.4 Å². The molecule has 0 saturated heterocycles. The minimum Gasteiger partial charge on any atom is -0.320 e. The number of aromatic nitrogens is 2. The fraction of sp³-hybridized carbons (Fsp3) is 0.0625. The van der Waals surface area contributed by atoms with E-state index in [-0.39, 0.29) is 5.56 Å². The molecule has 1 aromatic heterocycles. The minimum absolute atomic E-state index is 0.124. The minimum atomic E-state index is -4.43. The molecule has 2 aromatic carbocycles. The number of para-hydroxylation sites is 1. The van der Waals surface area contributed by atoms with Crippen molar-refractivity contribution >= 4 is 22.6 Å². The number of carbonyl (C=O) groups excluding carboxylic acids is 1. The second-order valence-electron chi connectivity index (χ2n) is 4.76. The summed E-state index contributed by atoms with van der Waals surface area (Å²) < 4.78 is 37.6. The van der Waals surface area contributed by atoms with Crippen LogP contribution in [-0.4, -0.2) is 15.9 Å². The lowest BCUT2D eigenvalue weighted by Crippen LogP contribution is -2.13. The molecule has 3 aromatic rings. The number of fused-ring (bicyclic) bond motifs is 1. The molecule has 0 fully saturated rings. The molecule has 1 heterocycles. The summed E-state index contributed by atoms with van der Waals surface area (Å²) in [5.74, 6) is -0.517. The second kappa shape index (κ2) is 5.68. The predicted octanol–water partition coefficient (Wildman–Crippen LogP) is 3.90. The normalized spacial score (nSPS) is 11.4. The topological polar surface area (TPSA) is 54.9 Å². The third-order valence-electron chi connectivity index (χ3n) is 3.22. The van der Waals surface area contributed by atoms with E-state index in [9.17, 15) is 18.0 Å². The Hall–Kier alpha value is -2.96.